The Bertz CT molecular complexity index is 477. The van der Waals surface area contributed by atoms with Crippen molar-refractivity contribution in [1.29, 1.82) is 0 Å². The van der Waals surface area contributed by atoms with E-state index in [4.69, 9.17) is 17.3 Å². The van der Waals surface area contributed by atoms with Gasteiger partial charge in [0.1, 0.15) is 0 Å². The molecule has 1 aromatic carbocycles. The molecule has 1 amide bonds. The van der Waals surface area contributed by atoms with Crippen LogP contribution in [0.2, 0.25) is 5.02 Å². The van der Waals surface area contributed by atoms with Gasteiger partial charge in [-0.15, -0.1) is 0 Å². The minimum absolute atomic E-state index is 0.0122. The Labute approximate surface area is 109 Å². The van der Waals surface area contributed by atoms with Crippen LogP contribution in [0.5, 0.6) is 0 Å². The van der Waals surface area contributed by atoms with Gasteiger partial charge in [0.2, 0.25) is 5.91 Å². The number of carbonyl (C=O) groups is 1. The van der Waals surface area contributed by atoms with E-state index in [1.807, 2.05) is 13.8 Å². The van der Waals surface area contributed by atoms with Crippen LogP contribution in [0.15, 0.2) is 18.2 Å². The second-order valence-corrected chi connectivity index (χ2v) is 4.59. The van der Waals surface area contributed by atoms with Crippen molar-refractivity contribution in [3.63, 3.8) is 0 Å². The molecule has 6 nitrogen and oxygen atoms in total. The molecule has 0 fully saturated rings. The zero-order valence-electron chi connectivity index (χ0n) is 10.0. The maximum absolute atomic E-state index is 11.7. The van der Waals surface area contributed by atoms with Crippen molar-refractivity contribution in [3.8, 4) is 0 Å². The fourth-order valence-electron chi connectivity index (χ4n) is 1.24. The SMILES string of the molecule is CC(C)[C@H](N)C(=O)Nc1ccc([N+](=O)[O-])cc1Cl. The highest BCUT2D eigenvalue weighted by molar-refractivity contribution is 6.34. The van der Waals surface area contributed by atoms with E-state index in [1.54, 1.807) is 0 Å². The Morgan fingerprint density at radius 3 is 2.56 bits per heavy atom. The van der Waals surface area contributed by atoms with E-state index in [-0.39, 0.29) is 22.5 Å². The molecule has 0 aliphatic rings. The van der Waals surface area contributed by atoms with Crippen LogP contribution in [0.25, 0.3) is 0 Å². The predicted octanol–water partition coefficient (Wildman–Crippen LogP) is 2.17. The topological polar surface area (TPSA) is 98.3 Å². The molecule has 0 unspecified atom stereocenters. The van der Waals surface area contributed by atoms with Crippen LogP contribution in [-0.4, -0.2) is 16.9 Å². The lowest BCUT2D eigenvalue weighted by atomic mass is 10.0. The van der Waals surface area contributed by atoms with Crippen molar-refractivity contribution in [2.45, 2.75) is 19.9 Å². The largest absolute Gasteiger partial charge is 0.323 e. The Hall–Kier alpha value is -1.66. The number of hydrogen-bond acceptors (Lipinski definition) is 4. The number of rotatable bonds is 4. The van der Waals surface area contributed by atoms with Gasteiger partial charge >= 0.3 is 0 Å². The Morgan fingerprint density at radius 1 is 1.50 bits per heavy atom. The van der Waals surface area contributed by atoms with Gasteiger partial charge in [0.05, 0.1) is 21.7 Å². The first-order chi connectivity index (χ1) is 8.32. The van der Waals surface area contributed by atoms with Crippen molar-refractivity contribution < 1.29 is 9.72 Å². The van der Waals surface area contributed by atoms with Gasteiger partial charge in [-0.05, 0) is 12.0 Å². The fourth-order valence-corrected chi connectivity index (χ4v) is 1.46. The van der Waals surface area contributed by atoms with Gasteiger partial charge < -0.3 is 11.1 Å². The first-order valence-electron chi connectivity index (χ1n) is 5.33. The number of nitro groups is 1. The van der Waals surface area contributed by atoms with Crippen LogP contribution in [-0.2, 0) is 4.79 Å². The molecular formula is C11H14ClN3O3. The molecule has 0 spiro atoms. The van der Waals surface area contributed by atoms with Crippen LogP contribution >= 0.6 is 11.6 Å². The summed E-state index contributed by atoms with van der Waals surface area (Å²) in [6.45, 7) is 3.64. The molecule has 18 heavy (non-hydrogen) atoms. The minimum atomic E-state index is -0.656. The van der Waals surface area contributed by atoms with Crippen molar-refractivity contribution in [2.24, 2.45) is 11.7 Å². The highest BCUT2D eigenvalue weighted by Gasteiger charge is 2.19. The molecule has 0 saturated heterocycles. The van der Waals surface area contributed by atoms with E-state index in [9.17, 15) is 14.9 Å². The smallest absolute Gasteiger partial charge is 0.271 e. The average molecular weight is 272 g/mol. The number of amides is 1. The summed E-state index contributed by atoms with van der Waals surface area (Å²) in [5, 5.41) is 13.2. The number of nitrogens with one attached hydrogen (secondary N) is 1. The number of hydrogen-bond donors (Lipinski definition) is 2. The summed E-state index contributed by atoms with van der Waals surface area (Å²) >= 11 is 5.84. The van der Waals surface area contributed by atoms with Gasteiger partial charge in [0.15, 0.2) is 0 Å². The minimum Gasteiger partial charge on any atom is -0.323 e. The van der Waals surface area contributed by atoms with Crippen molar-refractivity contribution in [2.75, 3.05) is 5.32 Å². The second kappa shape index (κ2) is 5.79. The van der Waals surface area contributed by atoms with Gasteiger partial charge in [-0.3, -0.25) is 14.9 Å². The van der Waals surface area contributed by atoms with Gasteiger partial charge in [0.25, 0.3) is 5.69 Å². The number of nitro benzene ring substituents is 1. The van der Waals surface area contributed by atoms with E-state index in [2.05, 4.69) is 5.32 Å². The molecule has 1 rings (SSSR count). The maximum Gasteiger partial charge on any atom is 0.271 e. The number of benzene rings is 1. The summed E-state index contributed by atoms with van der Waals surface area (Å²) in [6.07, 6.45) is 0. The normalized spacial score (nSPS) is 12.3. The van der Waals surface area contributed by atoms with E-state index in [1.165, 1.54) is 18.2 Å². The highest BCUT2D eigenvalue weighted by Crippen LogP contribution is 2.26. The first kappa shape index (κ1) is 14.4. The highest BCUT2D eigenvalue weighted by atomic mass is 35.5. The summed E-state index contributed by atoms with van der Waals surface area (Å²) in [4.78, 5) is 21.7. The molecule has 0 bridgehead atoms. The Kier molecular flexibility index (Phi) is 4.63. The van der Waals surface area contributed by atoms with E-state index >= 15 is 0 Å². The summed E-state index contributed by atoms with van der Waals surface area (Å²) in [7, 11) is 0. The molecule has 0 heterocycles. The summed E-state index contributed by atoms with van der Waals surface area (Å²) in [6, 6.07) is 3.17. The van der Waals surface area contributed by atoms with Gasteiger partial charge in [-0.25, -0.2) is 0 Å². The lowest BCUT2D eigenvalue weighted by Gasteiger charge is -2.15. The fraction of sp³-hybridized carbons (Fsp3) is 0.364. The van der Waals surface area contributed by atoms with Crippen LogP contribution in [0.3, 0.4) is 0 Å². The first-order valence-corrected chi connectivity index (χ1v) is 5.71. The molecule has 0 aliphatic heterocycles. The van der Waals surface area contributed by atoms with E-state index < -0.39 is 11.0 Å². The molecule has 0 aliphatic carbocycles. The van der Waals surface area contributed by atoms with E-state index in [0.29, 0.717) is 5.69 Å². The standard InChI is InChI=1S/C11H14ClN3O3/c1-6(2)10(13)11(16)14-9-4-3-7(15(17)18)5-8(9)12/h3-6,10H,13H2,1-2H3,(H,14,16)/t10-/m0/s1. The number of halogens is 1. The average Bonchev–Trinajstić information content (AvgIpc) is 2.30. The monoisotopic (exact) mass is 271 g/mol. The number of nitrogens with zero attached hydrogens (tertiary/aromatic N) is 1. The summed E-state index contributed by atoms with van der Waals surface area (Å²) in [5.74, 6) is -0.387. The van der Waals surface area contributed by atoms with Gasteiger partial charge in [-0.1, -0.05) is 25.4 Å². The molecule has 0 radical (unpaired) electrons. The van der Waals surface area contributed by atoms with Crippen LogP contribution in [0.1, 0.15) is 13.8 Å². The Morgan fingerprint density at radius 2 is 2.11 bits per heavy atom. The van der Waals surface area contributed by atoms with Crippen molar-refractivity contribution >= 4 is 28.9 Å². The molecule has 0 aromatic heterocycles. The number of non-ortho nitro benzene ring substituents is 1. The molecule has 98 valence electrons. The van der Waals surface area contributed by atoms with Crippen LogP contribution in [0, 0.1) is 16.0 Å². The molecule has 1 atom stereocenters. The molecular weight excluding hydrogens is 258 g/mol. The zero-order chi connectivity index (χ0) is 13.9. The van der Waals surface area contributed by atoms with Crippen molar-refractivity contribution in [3.05, 3.63) is 33.3 Å². The predicted molar refractivity (Wildman–Crippen MR) is 69.5 cm³/mol. The van der Waals surface area contributed by atoms with Crippen molar-refractivity contribution in [1.82, 2.24) is 0 Å². The number of nitrogens with two attached hydrogens (primary N) is 1. The van der Waals surface area contributed by atoms with Crippen LogP contribution < -0.4 is 11.1 Å². The third kappa shape index (κ3) is 3.41. The molecule has 0 saturated carbocycles. The lowest BCUT2D eigenvalue weighted by Crippen LogP contribution is -2.39. The summed E-state index contributed by atoms with van der Waals surface area (Å²) in [5.41, 5.74) is 5.85. The van der Waals surface area contributed by atoms with Gasteiger partial charge in [0, 0.05) is 12.1 Å². The molecule has 3 N–H and O–H groups in total. The zero-order valence-corrected chi connectivity index (χ0v) is 10.8. The molecule has 1 aromatic rings. The Balaban J connectivity index is 2.86. The van der Waals surface area contributed by atoms with Crippen LogP contribution in [0.4, 0.5) is 11.4 Å². The van der Waals surface area contributed by atoms with Gasteiger partial charge in [-0.2, -0.15) is 0 Å². The quantitative estimate of drug-likeness (QED) is 0.647. The second-order valence-electron chi connectivity index (χ2n) is 4.18. The number of anilines is 1. The number of carbonyl (C=O) groups excluding carboxylic acids is 1. The third-order valence-corrected chi connectivity index (χ3v) is 2.76. The third-order valence-electron chi connectivity index (χ3n) is 2.44. The summed E-state index contributed by atoms with van der Waals surface area (Å²) < 4.78 is 0. The lowest BCUT2D eigenvalue weighted by molar-refractivity contribution is -0.384. The molecule has 7 heteroatoms. The maximum atomic E-state index is 11.7. The van der Waals surface area contributed by atoms with E-state index in [0.717, 1.165) is 0 Å².